The maximum atomic E-state index is 13.3. The fraction of sp³-hybridized carbons (Fsp3) is 0.200. The molecule has 2 rings (SSSR count). The van der Waals surface area contributed by atoms with Crippen molar-refractivity contribution in [3.63, 3.8) is 0 Å². The van der Waals surface area contributed by atoms with Gasteiger partial charge in [-0.25, -0.2) is 4.39 Å². The van der Waals surface area contributed by atoms with E-state index in [0.29, 0.717) is 22.2 Å². The number of aromatic nitrogens is 2. The first-order valence-electron chi connectivity index (χ1n) is 4.64. The second-order valence-corrected chi connectivity index (χ2v) is 5.20. The van der Waals surface area contributed by atoms with Crippen LogP contribution in [0.5, 0.6) is 0 Å². The molecule has 0 aliphatic rings. The number of nitrogens with zero attached hydrogens (tertiary/aromatic N) is 2. The van der Waals surface area contributed by atoms with Crippen LogP contribution in [0.2, 0.25) is 0 Å². The third-order valence-electron chi connectivity index (χ3n) is 1.92. The Morgan fingerprint density at radius 1 is 1.25 bits per heavy atom. The Bertz CT molecular complexity index is 473. The van der Waals surface area contributed by atoms with Crippen molar-refractivity contribution in [2.75, 3.05) is 5.73 Å². The third kappa shape index (κ3) is 2.93. The summed E-state index contributed by atoms with van der Waals surface area (Å²) in [5.41, 5.74) is 6.17. The molecule has 0 amide bonds. The van der Waals surface area contributed by atoms with Gasteiger partial charge in [0.2, 0.25) is 5.13 Å². The van der Waals surface area contributed by atoms with Crippen molar-refractivity contribution in [1.82, 2.24) is 10.2 Å². The Morgan fingerprint density at radius 3 is 2.75 bits per heavy atom. The molecule has 3 nitrogen and oxygen atoms in total. The van der Waals surface area contributed by atoms with Gasteiger partial charge in [-0.1, -0.05) is 29.5 Å². The number of hydrogen-bond donors (Lipinski definition) is 1. The smallest absolute Gasteiger partial charge is 0.203 e. The molecule has 0 bridgehead atoms. The van der Waals surface area contributed by atoms with Gasteiger partial charge in [-0.15, -0.1) is 22.0 Å². The molecule has 0 saturated carbocycles. The van der Waals surface area contributed by atoms with Crippen molar-refractivity contribution in [2.45, 2.75) is 11.5 Å². The van der Waals surface area contributed by atoms with E-state index in [1.807, 2.05) is 6.07 Å². The van der Waals surface area contributed by atoms with Crippen LogP contribution >= 0.6 is 23.1 Å². The van der Waals surface area contributed by atoms with Gasteiger partial charge in [0.1, 0.15) is 10.8 Å². The Labute approximate surface area is 101 Å². The topological polar surface area (TPSA) is 51.8 Å². The molecule has 2 aromatic rings. The van der Waals surface area contributed by atoms with E-state index in [-0.39, 0.29) is 5.82 Å². The van der Waals surface area contributed by atoms with Gasteiger partial charge in [-0.2, -0.15) is 0 Å². The first-order chi connectivity index (χ1) is 7.75. The minimum Gasteiger partial charge on any atom is -0.374 e. The van der Waals surface area contributed by atoms with Crippen LogP contribution in [0.1, 0.15) is 10.6 Å². The van der Waals surface area contributed by atoms with Crippen molar-refractivity contribution in [3.8, 4) is 0 Å². The van der Waals surface area contributed by atoms with Crippen molar-refractivity contribution >= 4 is 28.2 Å². The van der Waals surface area contributed by atoms with Crippen LogP contribution in [-0.2, 0) is 11.5 Å². The van der Waals surface area contributed by atoms with Gasteiger partial charge in [0.25, 0.3) is 0 Å². The van der Waals surface area contributed by atoms with E-state index < -0.39 is 0 Å². The van der Waals surface area contributed by atoms with Gasteiger partial charge in [0.05, 0.1) is 0 Å². The van der Waals surface area contributed by atoms with Crippen LogP contribution in [0.4, 0.5) is 9.52 Å². The van der Waals surface area contributed by atoms with Gasteiger partial charge in [-0.3, -0.25) is 0 Å². The minimum atomic E-state index is -0.160. The first-order valence-corrected chi connectivity index (χ1v) is 6.62. The summed E-state index contributed by atoms with van der Waals surface area (Å²) in [6.45, 7) is 0. The third-order valence-corrected chi connectivity index (χ3v) is 3.85. The number of thioether (sulfide) groups is 1. The van der Waals surface area contributed by atoms with Crippen LogP contribution < -0.4 is 5.73 Å². The van der Waals surface area contributed by atoms with Gasteiger partial charge in [0.15, 0.2) is 0 Å². The summed E-state index contributed by atoms with van der Waals surface area (Å²) in [6, 6.07) is 6.78. The summed E-state index contributed by atoms with van der Waals surface area (Å²) in [5.74, 6) is 1.18. The van der Waals surface area contributed by atoms with Gasteiger partial charge < -0.3 is 5.73 Å². The highest BCUT2D eigenvalue weighted by molar-refractivity contribution is 7.97. The molecular formula is C10H10FN3S2. The maximum absolute atomic E-state index is 13.3. The monoisotopic (exact) mass is 255 g/mol. The predicted octanol–water partition coefficient (Wildman–Crippen LogP) is 2.69. The standard InChI is InChI=1S/C10H10FN3S2/c11-8-4-2-1-3-7(8)5-15-6-9-13-14-10(12)16-9/h1-4H,5-6H2,(H2,12,14). The Morgan fingerprint density at radius 2 is 2.06 bits per heavy atom. The molecule has 0 spiro atoms. The molecule has 1 aromatic carbocycles. The first kappa shape index (κ1) is 11.3. The lowest BCUT2D eigenvalue weighted by molar-refractivity contribution is 0.617. The fourth-order valence-corrected chi connectivity index (χ4v) is 2.87. The lowest BCUT2D eigenvalue weighted by Crippen LogP contribution is -1.87. The van der Waals surface area contributed by atoms with E-state index in [4.69, 9.17) is 5.73 Å². The lowest BCUT2D eigenvalue weighted by atomic mass is 10.2. The number of nitrogens with two attached hydrogens (primary N) is 1. The molecular weight excluding hydrogens is 245 g/mol. The van der Waals surface area contributed by atoms with Crippen LogP contribution in [0.3, 0.4) is 0 Å². The van der Waals surface area contributed by atoms with Gasteiger partial charge in [-0.05, 0) is 11.6 Å². The van der Waals surface area contributed by atoms with Crippen LogP contribution in [0.25, 0.3) is 0 Å². The van der Waals surface area contributed by atoms with E-state index in [2.05, 4.69) is 10.2 Å². The maximum Gasteiger partial charge on any atom is 0.203 e. The number of benzene rings is 1. The second kappa shape index (κ2) is 5.27. The van der Waals surface area contributed by atoms with Crippen molar-refractivity contribution in [1.29, 1.82) is 0 Å². The molecule has 0 fully saturated rings. The molecule has 0 saturated heterocycles. The van der Waals surface area contributed by atoms with Crippen molar-refractivity contribution in [2.24, 2.45) is 0 Å². The largest absolute Gasteiger partial charge is 0.374 e. The summed E-state index contributed by atoms with van der Waals surface area (Å²) in [7, 11) is 0. The van der Waals surface area contributed by atoms with Crippen LogP contribution in [0.15, 0.2) is 24.3 Å². The number of rotatable bonds is 4. The summed E-state index contributed by atoms with van der Waals surface area (Å²) >= 11 is 2.97. The summed E-state index contributed by atoms with van der Waals surface area (Å²) in [4.78, 5) is 0. The fourth-order valence-electron chi connectivity index (χ4n) is 1.19. The van der Waals surface area contributed by atoms with E-state index in [1.165, 1.54) is 17.4 Å². The van der Waals surface area contributed by atoms with Gasteiger partial charge in [0, 0.05) is 11.5 Å². The summed E-state index contributed by atoms with van der Waals surface area (Å²) in [5, 5.41) is 8.96. The minimum absolute atomic E-state index is 0.160. The van der Waals surface area contributed by atoms with E-state index in [1.54, 1.807) is 23.9 Å². The van der Waals surface area contributed by atoms with Gasteiger partial charge >= 0.3 is 0 Å². The van der Waals surface area contributed by atoms with E-state index >= 15 is 0 Å². The zero-order valence-electron chi connectivity index (χ0n) is 8.39. The van der Waals surface area contributed by atoms with E-state index in [0.717, 1.165) is 5.01 Å². The highest BCUT2D eigenvalue weighted by Gasteiger charge is 2.03. The molecule has 1 heterocycles. The molecule has 6 heteroatoms. The second-order valence-electron chi connectivity index (χ2n) is 3.12. The van der Waals surface area contributed by atoms with Crippen molar-refractivity contribution < 1.29 is 4.39 Å². The number of halogens is 1. The van der Waals surface area contributed by atoms with Crippen LogP contribution in [0, 0.1) is 5.82 Å². The van der Waals surface area contributed by atoms with E-state index in [9.17, 15) is 4.39 Å². The molecule has 0 radical (unpaired) electrons. The Kier molecular flexibility index (Phi) is 3.74. The molecule has 0 atom stereocenters. The summed E-state index contributed by atoms with van der Waals surface area (Å²) < 4.78 is 13.3. The summed E-state index contributed by atoms with van der Waals surface area (Å²) in [6.07, 6.45) is 0. The number of anilines is 1. The highest BCUT2D eigenvalue weighted by atomic mass is 32.2. The molecule has 2 N–H and O–H groups in total. The molecule has 84 valence electrons. The molecule has 16 heavy (non-hydrogen) atoms. The zero-order chi connectivity index (χ0) is 11.4. The normalized spacial score (nSPS) is 10.6. The number of nitrogen functional groups attached to an aromatic ring is 1. The molecule has 0 aliphatic heterocycles. The number of hydrogen-bond acceptors (Lipinski definition) is 5. The average Bonchev–Trinajstić information content (AvgIpc) is 2.67. The van der Waals surface area contributed by atoms with Crippen molar-refractivity contribution in [3.05, 3.63) is 40.7 Å². The average molecular weight is 255 g/mol. The quantitative estimate of drug-likeness (QED) is 0.912. The zero-order valence-corrected chi connectivity index (χ0v) is 10.0. The SMILES string of the molecule is Nc1nnc(CSCc2ccccc2F)s1. The Hall–Kier alpha value is -1.14. The molecule has 0 aliphatic carbocycles. The highest BCUT2D eigenvalue weighted by Crippen LogP contribution is 2.22. The van der Waals surface area contributed by atoms with Crippen LogP contribution in [-0.4, -0.2) is 10.2 Å². The Balaban J connectivity index is 1.87. The molecule has 1 aromatic heterocycles. The molecule has 0 unspecified atom stereocenters. The lowest BCUT2D eigenvalue weighted by Gasteiger charge is -2.00. The predicted molar refractivity (Wildman–Crippen MR) is 65.7 cm³/mol.